The van der Waals surface area contributed by atoms with Gasteiger partial charge in [0.1, 0.15) is 17.2 Å². The van der Waals surface area contributed by atoms with Crippen molar-refractivity contribution in [3.63, 3.8) is 0 Å². The number of methoxy groups -OCH3 is 1. The fourth-order valence-corrected chi connectivity index (χ4v) is 3.71. The first-order valence-electron chi connectivity index (χ1n) is 11.2. The molecule has 0 spiro atoms. The molecular formula is C27H23N5O7. The molecule has 0 aliphatic carbocycles. The summed E-state index contributed by atoms with van der Waals surface area (Å²) in [5, 5.41) is 45.2. The third-order valence-corrected chi connectivity index (χ3v) is 5.38. The zero-order valence-electron chi connectivity index (χ0n) is 21.0. The summed E-state index contributed by atoms with van der Waals surface area (Å²) < 4.78 is 5.41. The van der Waals surface area contributed by atoms with Crippen LogP contribution in [0.1, 0.15) is 35.3 Å². The maximum Gasteiger partial charge on any atom is 0.337 e. The molecule has 3 aromatic carbocycles. The Kier molecular flexibility index (Phi) is 8.27. The number of anilines is 3. The number of benzene rings is 3. The Morgan fingerprint density at radius 1 is 0.872 bits per heavy atom. The van der Waals surface area contributed by atoms with Crippen LogP contribution in [-0.4, -0.2) is 46.7 Å². The molecule has 0 heterocycles. The van der Waals surface area contributed by atoms with E-state index in [9.17, 15) is 29.4 Å². The molecule has 0 unspecified atom stereocenters. The van der Waals surface area contributed by atoms with Gasteiger partial charge in [-0.15, -0.1) is 0 Å². The third kappa shape index (κ3) is 6.36. The number of carbonyl (C=O) groups excluding carboxylic acids is 3. The molecule has 12 nitrogen and oxygen atoms in total. The van der Waals surface area contributed by atoms with E-state index in [1.807, 2.05) is 0 Å². The largest absolute Gasteiger partial charge is 0.507 e. The van der Waals surface area contributed by atoms with E-state index in [1.54, 1.807) is 24.3 Å². The number of aromatic hydroxyl groups is 1. The van der Waals surface area contributed by atoms with Gasteiger partial charge in [0.15, 0.2) is 0 Å². The molecular weight excluding hydrogens is 506 g/mol. The Hall–Kier alpha value is -5.70. The molecule has 0 aliphatic heterocycles. The normalized spacial score (nSPS) is 10.1. The van der Waals surface area contributed by atoms with Gasteiger partial charge >= 0.3 is 5.97 Å². The second-order valence-electron chi connectivity index (χ2n) is 8.20. The standard InChI is InChI=1S/C27H23N5O7/c1-13(33)30-16-5-7-24(39-3)18(9-16)17-11-23(35)20(10-22(17)31-14(2)34)25(29)26(36)32-21-6-4-15(12-28)8-19(21)27(37)38/h4-11,29,35H,1-3H3,(H,30,33)(H,31,34)(H,32,36)(H,37,38). The molecule has 0 radical (unpaired) electrons. The fraction of sp³-hybridized carbons (Fsp3) is 0.111. The van der Waals surface area contributed by atoms with Crippen molar-refractivity contribution >= 4 is 46.5 Å². The molecule has 0 fully saturated rings. The van der Waals surface area contributed by atoms with Crippen molar-refractivity contribution in [3.8, 4) is 28.7 Å². The molecule has 198 valence electrons. The Morgan fingerprint density at radius 2 is 1.56 bits per heavy atom. The predicted octanol–water partition coefficient (Wildman–Crippen LogP) is 3.56. The van der Waals surface area contributed by atoms with E-state index in [-0.39, 0.29) is 39.5 Å². The summed E-state index contributed by atoms with van der Waals surface area (Å²) >= 11 is 0. The van der Waals surface area contributed by atoms with Crippen LogP contribution in [0.2, 0.25) is 0 Å². The Bertz CT molecular complexity index is 1570. The molecule has 3 aromatic rings. The van der Waals surface area contributed by atoms with Crippen LogP contribution in [-0.2, 0) is 14.4 Å². The van der Waals surface area contributed by atoms with E-state index >= 15 is 0 Å². The molecule has 0 atom stereocenters. The number of carboxylic acids is 1. The Balaban J connectivity index is 2.07. The lowest BCUT2D eigenvalue weighted by molar-refractivity contribution is -0.115. The lowest BCUT2D eigenvalue weighted by Crippen LogP contribution is -2.24. The van der Waals surface area contributed by atoms with Gasteiger partial charge in [-0.25, -0.2) is 4.79 Å². The molecule has 12 heteroatoms. The number of phenols is 1. The number of rotatable bonds is 8. The number of phenolic OH excluding ortho intramolecular Hbond substituents is 1. The number of carbonyl (C=O) groups is 4. The van der Waals surface area contributed by atoms with E-state index in [0.717, 1.165) is 6.07 Å². The average Bonchev–Trinajstić information content (AvgIpc) is 2.88. The lowest BCUT2D eigenvalue weighted by atomic mass is 9.97. The quantitative estimate of drug-likeness (QED) is 0.188. The molecule has 3 amide bonds. The molecule has 0 bridgehead atoms. The van der Waals surface area contributed by atoms with Crippen LogP contribution in [0.5, 0.6) is 11.5 Å². The molecule has 0 aromatic heterocycles. The number of nitrogens with zero attached hydrogens (tertiary/aromatic N) is 1. The second-order valence-corrected chi connectivity index (χ2v) is 8.20. The summed E-state index contributed by atoms with van der Waals surface area (Å²) in [6.07, 6.45) is 0. The summed E-state index contributed by atoms with van der Waals surface area (Å²) in [6, 6.07) is 12.6. The van der Waals surface area contributed by atoms with Crippen molar-refractivity contribution < 1.29 is 34.1 Å². The van der Waals surface area contributed by atoms with Gasteiger partial charge in [0.2, 0.25) is 11.8 Å². The number of nitriles is 1. The van der Waals surface area contributed by atoms with Crippen molar-refractivity contribution in [2.75, 3.05) is 23.1 Å². The highest BCUT2D eigenvalue weighted by Gasteiger charge is 2.23. The van der Waals surface area contributed by atoms with Crippen LogP contribution in [0.4, 0.5) is 17.1 Å². The summed E-state index contributed by atoms with van der Waals surface area (Å²) in [5.74, 6) is -3.40. The van der Waals surface area contributed by atoms with Crippen LogP contribution in [0.25, 0.3) is 11.1 Å². The number of hydrogen-bond donors (Lipinski definition) is 6. The lowest BCUT2D eigenvalue weighted by Gasteiger charge is -2.18. The first-order chi connectivity index (χ1) is 18.4. The van der Waals surface area contributed by atoms with Gasteiger partial charge < -0.3 is 30.9 Å². The van der Waals surface area contributed by atoms with Gasteiger partial charge in [0.25, 0.3) is 5.91 Å². The fourth-order valence-electron chi connectivity index (χ4n) is 3.71. The average molecular weight is 530 g/mol. The first-order valence-corrected chi connectivity index (χ1v) is 11.2. The molecule has 39 heavy (non-hydrogen) atoms. The molecule has 0 aliphatic rings. The van der Waals surface area contributed by atoms with Crippen molar-refractivity contribution in [1.82, 2.24) is 0 Å². The van der Waals surface area contributed by atoms with Gasteiger partial charge in [-0.2, -0.15) is 5.26 Å². The van der Waals surface area contributed by atoms with Gasteiger partial charge in [-0.05, 0) is 48.5 Å². The van der Waals surface area contributed by atoms with E-state index in [2.05, 4.69) is 16.0 Å². The maximum atomic E-state index is 12.9. The van der Waals surface area contributed by atoms with Crippen LogP contribution in [0.3, 0.4) is 0 Å². The first kappa shape index (κ1) is 27.9. The summed E-state index contributed by atoms with van der Waals surface area (Å²) in [6.45, 7) is 2.58. The topological polar surface area (TPSA) is 202 Å². The minimum Gasteiger partial charge on any atom is -0.507 e. The number of ether oxygens (including phenoxy) is 1. The molecule has 0 saturated carbocycles. The van der Waals surface area contributed by atoms with Crippen molar-refractivity contribution in [1.29, 1.82) is 10.7 Å². The number of amides is 3. The minimum atomic E-state index is -1.40. The highest BCUT2D eigenvalue weighted by molar-refractivity contribution is 6.48. The van der Waals surface area contributed by atoms with Crippen molar-refractivity contribution in [2.45, 2.75) is 13.8 Å². The maximum absolute atomic E-state index is 12.9. The molecule has 0 saturated heterocycles. The molecule has 3 rings (SSSR count). The zero-order valence-corrected chi connectivity index (χ0v) is 21.0. The number of carboxylic acid groups (broad SMARTS) is 1. The third-order valence-electron chi connectivity index (χ3n) is 5.38. The van der Waals surface area contributed by atoms with Crippen LogP contribution < -0.4 is 20.7 Å². The van der Waals surface area contributed by atoms with Gasteiger partial charge in [0, 0.05) is 41.9 Å². The van der Waals surface area contributed by atoms with Gasteiger partial charge in [0.05, 0.1) is 30.0 Å². The van der Waals surface area contributed by atoms with Crippen LogP contribution >= 0.6 is 0 Å². The number of hydrogen-bond acceptors (Lipinski definition) is 8. The van der Waals surface area contributed by atoms with E-state index in [0.29, 0.717) is 17.0 Å². The Morgan fingerprint density at radius 3 is 2.15 bits per heavy atom. The van der Waals surface area contributed by atoms with Gasteiger partial charge in [-0.3, -0.25) is 19.8 Å². The van der Waals surface area contributed by atoms with Crippen LogP contribution in [0.15, 0.2) is 48.5 Å². The van der Waals surface area contributed by atoms with E-state index in [1.165, 1.54) is 45.2 Å². The number of aromatic carboxylic acids is 1. The van der Waals surface area contributed by atoms with Gasteiger partial charge in [-0.1, -0.05) is 0 Å². The summed E-state index contributed by atoms with van der Waals surface area (Å²) in [5.41, 5.74) is -0.263. The summed E-state index contributed by atoms with van der Waals surface area (Å²) in [4.78, 5) is 48.0. The smallest absolute Gasteiger partial charge is 0.337 e. The SMILES string of the molecule is COc1ccc(NC(C)=O)cc1-c1cc(O)c(C(=N)C(=O)Nc2ccc(C#N)cc2C(=O)O)cc1NC(C)=O. The number of nitrogens with one attached hydrogen (secondary N) is 4. The monoisotopic (exact) mass is 529 g/mol. The van der Waals surface area contributed by atoms with E-state index in [4.69, 9.17) is 15.4 Å². The highest BCUT2D eigenvalue weighted by atomic mass is 16.5. The van der Waals surface area contributed by atoms with Crippen LogP contribution in [0, 0.1) is 16.7 Å². The van der Waals surface area contributed by atoms with E-state index < -0.39 is 29.2 Å². The Labute approximate surface area is 222 Å². The van der Waals surface area contributed by atoms with Crippen molar-refractivity contribution in [2.24, 2.45) is 0 Å². The second kappa shape index (κ2) is 11.6. The van der Waals surface area contributed by atoms with Crippen molar-refractivity contribution in [3.05, 3.63) is 65.2 Å². The summed E-state index contributed by atoms with van der Waals surface area (Å²) in [7, 11) is 1.41. The predicted molar refractivity (Wildman–Crippen MR) is 142 cm³/mol. The minimum absolute atomic E-state index is 0.0617. The highest BCUT2D eigenvalue weighted by Crippen LogP contribution is 2.40. The zero-order chi connectivity index (χ0) is 28.9. The molecule has 6 N–H and O–H groups in total.